The van der Waals surface area contributed by atoms with Gasteiger partial charge in [0.15, 0.2) is 5.82 Å². The fourth-order valence-corrected chi connectivity index (χ4v) is 2.07. The first-order chi connectivity index (χ1) is 11.1. The molecule has 0 aliphatic rings. The SMILES string of the molecule is Cc1ccc(Oc2ncnc(Nc3ccc(Cl)cc3)c2N)cc1. The molecule has 116 valence electrons. The van der Waals surface area contributed by atoms with Crippen molar-refractivity contribution in [1.29, 1.82) is 0 Å². The van der Waals surface area contributed by atoms with Gasteiger partial charge in [0.2, 0.25) is 5.88 Å². The lowest BCUT2D eigenvalue weighted by atomic mass is 10.2. The Morgan fingerprint density at radius 3 is 2.39 bits per heavy atom. The zero-order chi connectivity index (χ0) is 16.2. The van der Waals surface area contributed by atoms with E-state index in [1.54, 1.807) is 12.1 Å². The maximum Gasteiger partial charge on any atom is 0.248 e. The number of aryl methyl sites for hydroxylation is 1. The number of hydrogen-bond donors (Lipinski definition) is 2. The molecule has 0 atom stereocenters. The summed E-state index contributed by atoms with van der Waals surface area (Å²) in [5.41, 5.74) is 8.41. The maximum atomic E-state index is 6.10. The second-order valence-electron chi connectivity index (χ2n) is 4.99. The summed E-state index contributed by atoms with van der Waals surface area (Å²) >= 11 is 5.87. The van der Waals surface area contributed by atoms with Crippen LogP contribution in [0.4, 0.5) is 17.2 Å². The molecule has 5 nitrogen and oxygen atoms in total. The minimum Gasteiger partial charge on any atom is -0.437 e. The van der Waals surface area contributed by atoms with E-state index < -0.39 is 0 Å². The fraction of sp³-hybridized carbons (Fsp3) is 0.0588. The van der Waals surface area contributed by atoms with Crippen molar-refractivity contribution in [2.24, 2.45) is 0 Å². The van der Waals surface area contributed by atoms with E-state index in [1.807, 2.05) is 43.3 Å². The zero-order valence-corrected chi connectivity index (χ0v) is 13.2. The number of nitrogens with two attached hydrogens (primary N) is 1. The second-order valence-corrected chi connectivity index (χ2v) is 5.42. The van der Waals surface area contributed by atoms with E-state index in [0.717, 1.165) is 11.3 Å². The first kappa shape index (κ1) is 15.1. The van der Waals surface area contributed by atoms with E-state index in [-0.39, 0.29) is 0 Å². The predicted octanol–water partition coefficient (Wildman–Crippen LogP) is 4.56. The Balaban J connectivity index is 1.83. The summed E-state index contributed by atoms with van der Waals surface area (Å²) in [6.45, 7) is 2.01. The highest BCUT2D eigenvalue weighted by atomic mass is 35.5. The molecule has 1 heterocycles. The van der Waals surface area contributed by atoms with Gasteiger partial charge in [-0.15, -0.1) is 0 Å². The summed E-state index contributed by atoms with van der Waals surface area (Å²) in [5.74, 6) is 1.45. The molecule has 0 amide bonds. The molecule has 6 heteroatoms. The molecule has 3 rings (SSSR count). The summed E-state index contributed by atoms with van der Waals surface area (Å²) in [4.78, 5) is 8.25. The lowest BCUT2D eigenvalue weighted by molar-refractivity contribution is 0.464. The second kappa shape index (κ2) is 6.54. The molecular weight excluding hydrogens is 312 g/mol. The Morgan fingerprint density at radius 1 is 1.00 bits per heavy atom. The van der Waals surface area contributed by atoms with Crippen molar-refractivity contribution < 1.29 is 4.74 Å². The molecular formula is C17H15ClN4O. The highest BCUT2D eigenvalue weighted by Gasteiger charge is 2.10. The van der Waals surface area contributed by atoms with Crippen molar-refractivity contribution in [3.8, 4) is 11.6 Å². The first-order valence-corrected chi connectivity index (χ1v) is 7.37. The van der Waals surface area contributed by atoms with Gasteiger partial charge in [0.25, 0.3) is 0 Å². The Kier molecular flexibility index (Phi) is 4.30. The molecule has 0 fully saturated rings. The highest BCUT2D eigenvalue weighted by molar-refractivity contribution is 6.30. The van der Waals surface area contributed by atoms with Crippen LogP contribution in [-0.2, 0) is 0 Å². The average Bonchev–Trinajstić information content (AvgIpc) is 2.55. The van der Waals surface area contributed by atoms with E-state index in [2.05, 4.69) is 15.3 Å². The van der Waals surface area contributed by atoms with Crippen molar-refractivity contribution in [2.75, 3.05) is 11.1 Å². The van der Waals surface area contributed by atoms with Gasteiger partial charge >= 0.3 is 0 Å². The summed E-state index contributed by atoms with van der Waals surface area (Å²) in [6.07, 6.45) is 1.40. The van der Waals surface area contributed by atoms with Gasteiger partial charge in [0, 0.05) is 10.7 Å². The minimum absolute atomic E-state index is 0.306. The van der Waals surface area contributed by atoms with Gasteiger partial charge in [0.1, 0.15) is 17.8 Å². The highest BCUT2D eigenvalue weighted by Crippen LogP contribution is 2.31. The van der Waals surface area contributed by atoms with Crippen LogP contribution in [0.15, 0.2) is 54.9 Å². The number of hydrogen-bond acceptors (Lipinski definition) is 5. The van der Waals surface area contributed by atoms with E-state index in [9.17, 15) is 0 Å². The van der Waals surface area contributed by atoms with Gasteiger partial charge in [0.05, 0.1) is 0 Å². The molecule has 23 heavy (non-hydrogen) atoms. The van der Waals surface area contributed by atoms with E-state index in [4.69, 9.17) is 22.1 Å². The van der Waals surface area contributed by atoms with Crippen molar-refractivity contribution in [3.05, 3.63) is 65.4 Å². The van der Waals surface area contributed by atoms with Crippen LogP contribution >= 0.6 is 11.6 Å². The van der Waals surface area contributed by atoms with Crippen molar-refractivity contribution >= 4 is 28.8 Å². The number of nitrogens with zero attached hydrogens (tertiary/aromatic N) is 2. The topological polar surface area (TPSA) is 73.1 Å². The van der Waals surface area contributed by atoms with Crippen LogP contribution in [0.25, 0.3) is 0 Å². The van der Waals surface area contributed by atoms with Crippen molar-refractivity contribution in [3.63, 3.8) is 0 Å². The molecule has 0 bridgehead atoms. The number of halogens is 1. The zero-order valence-electron chi connectivity index (χ0n) is 12.5. The molecule has 3 aromatic rings. The van der Waals surface area contributed by atoms with Crippen LogP contribution in [-0.4, -0.2) is 9.97 Å². The summed E-state index contributed by atoms with van der Waals surface area (Å²) in [5, 5.41) is 3.78. The largest absolute Gasteiger partial charge is 0.437 e. The predicted molar refractivity (Wildman–Crippen MR) is 92.4 cm³/mol. The minimum atomic E-state index is 0.306. The van der Waals surface area contributed by atoms with E-state index >= 15 is 0 Å². The molecule has 2 aromatic carbocycles. The lowest BCUT2D eigenvalue weighted by Crippen LogP contribution is -2.03. The Labute approximate surface area is 139 Å². The van der Waals surface area contributed by atoms with Crippen molar-refractivity contribution in [2.45, 2.75) is 6.92 Å². The van der Waals surface area contributed by atoms with Crippen LogP contribution in [0.5, 0.6) is 11.6 Å². The maximum absolute atomic E-state index is 6.10. The summed E-state index contributed by atoms with van der Waals surface area (Å²) < 4.78 is 5.72. The molecule has 0 aliphatic heterocycles. The molecule has 1 aromatic heterocycles. The van der Waals surface area contributed by atoms with Crippen LogP contribution < -0.4 is 15.8 Å². The number of aromatic nitrogens is 2. The molecule has 3 N–H and O–H groups in total. The summed E-state index contributed by atoms with van der Waals surface area (Å²) in [7, 11) is 0. The molecule has 0 radical (unpaired) electrons. The Hall–Kier alpha value is -2.79. The van der Waals surface area contributed by atoms with E-state index in [0.29, 0.717) is 28.2 Å². The van der Waals surface area contributed by atoms with Crippen LogP contribution in [0, 0.1) is 6.92 Å². The van der Waals surface area contributed by atoms with Crippen LogP contribution in [0.2, 0.25) is 5.02 Å². The van der Waals surface area contributed by atoms with Gasteiger partial charge in [-0.2, -0.15) is 4.98 Å². The summed E-state index contributed by atoms with van der Waals surface area (Å²) in [6, 6.07) is 14.9. The van der Waals surface area contributed by atoms with Gasteiger partial charge in [-0.3, -0.25) is 0 Å². The number of nitrogens with one attached hydrogen (secondary N) is 1. The number of benzene rings is 2. The number of nitrogen functional groups attached to an aromatic ring is 1. The smallest absolute Gasteiger partial charge is 0.248 e. The molecule has 0 saturated heterocycles. The van der Waals surface area contributed by atoms with Crippen molar-refractivity contribution in [1.82, 2.24) is 9.97 Å². The molecule has 0 unspecified atom stereocenters. The number of anilines is 3. The Bertz CT molecular complexity index is 738. The van der Waals surface area contributed by atoms with Crippen LogP contribution in [0.1, 0.15) is 5.56 Å². The average molecular weight is 327 g/mol. The van der Waals surface area contributed by atoms with E-state index in [1.165, 1.54) is 6.33 Å². The third-order valence-corrected chi connectivity index (χ3v) is 3.44. The first-order valence-electron chi connectivity index (χ1n) is 6.99. The lowest BCUT2D eigenvalue weighted by Gasteiger charge is -2.12. The number of rotatable bonds is 4. The van der Waals surface area contributed by atoms with Crippen LogP contribution in [0.3, 0.4) is 0 Å². The standard InChI is InChI=1S/C17H15ClN4O/c1-11-2-8-14(9-3-11)23-17-15(19)16(20-10-21-17)22-13-6-4-12(18)5-7-13/h2-10H,19H2,1H3,(H,20,21,22). The third-order valence-electron chi connectivity index (χ3n) is 3.19. The monoisotopic (exact) mass is 326 g/mol. The van der Waals surface area contributed by atoms with Gasteiger partial charge < -0.3 is 15.8 Å². The Morgan fingerprint density at radius 2 is 1.70 bits per heavy atom. The normalized spacial score (nSPS) is 10.3. The molecule has 0 spiro atoms. The number of ether oxygens (including phenoxy) is 1. The third kappa shape index (κ3) is 3.70. The molecule has 0 aliphatic carbocycles. The van der Waals surface area contributed by atoms with Gasteiger partial charge in [-0.25, -0.2) is 4.98 Å². The van der Waals surface area contributed by atoms with Gasteiger partial charge in [-0.1, -0.05) is 29.3 Å². The molecule has 0 saturated carbocycles. The fourth-order valence-electron chi connectivity index (χ4n) is 1.95. The quantitative estimate of drug-likeness (QED) is 0.735. The van der Waals surface area contributed by atoms with Gasteiger partial charge in [-0.05, 0) is 43.3 Å².